The predicted octanol–water partition coefficient (Wildman–Crippen LogP) is 0.939. The monoisotopic (exact) mass is 288 g/mol. The summed E-state index contributed by atoms with van der Waals surface area (Å²) in [5.74, 6) is 3.70. The summed E-state index contributed by atoms with van der Waals surface area (Å²) in [7, 11) is 3.21. The highest BCUT2D eigenvalue weighted by molar-refractivity contribution is 5.82. The molecular weight excluding hydrogens is 268 g/mol. The van der Waals surface area contributed by atoms with E-state index in [-0.39, 0.29) is 12.3 Å². The minimum absolute atomic E-state index is 0.103. The Bertz CT molecular complexity index is 578. The Labute approximate surface area is 125 Å². The first-order valence-electron chi connectivity index (χ1n) is 6.82. The van der Waals surface area contributed by atoms with Gasteiger partial charge in [-0.3, -0.25) is 4.79 Å². The van der Waals surface area contributed by atoms with Crippen LogP contribution in [-0.2, 0) is 17.8 Å². The van der Waals surface area contributed by atoms with Gasteiger partial charge < -0.3 is 20.1 Å². The summed E-state index contributed by atoms with van der Waals surface area (Å²) in [6.07, 6.45) is 6.24. The number of hydrogen-bond donors (Lipinski definition) is 1. The molecule has 2 N–H and O–H groups in total. The van der Waals surface area contributed by atoms with Crippen molar-refractivity contribution in [2.75, 3.05) is 20.8 Å². The Hall–Kier alpha value is -2.19. The van der Waals surface area contributed by atoms with Gasteiger partial charge in [-0.2, -0.15) is 0 Å². The van der Waals surface area contributed by atoms with Crippen LogP contribution in [0.15, 0.2) is 12.1 Å². The number of methoxy groups -OCH3 is 2. The maximum absolute atomic E-state index is 12.2. The first-order valence-corrected chi connectivity index (χ1v) is 6.82. The van der Waals surface area contributed by atoms with Crippen LogP contribution in [0, 0.1) is 12.3 Å². The van der Waals surface area contributed by atoms with E-state index in [0.717, 1.165) is 12.0 Å². The molecule has 5 heteroatoms. The topological polar surface area (TPSA) is 64.8 Å². The third-order valence-electron chi connectivity index (χ3n) is 3.68. The Morgan fingerprint density at radius 1 is 1.38 bits per heavy atom. The van der Waals surface area contributed by atoms with E-state index in [1.807, 2.05) is 12.1 Å². The van der Waals surface area contributed by atoms with Gasteiger partial charge in [0, 0.05) is 19.5 Å². The maximum Gasteiger partial charge on any atom is 0.240 e. The average Bonchev–Trinajstić information content (AvgIpc) is 2.52. The van der Waals surface area contributed by atoms with Crippen LogP contribution in [0.5, 0.6) is 11.5 Å². The van der Waals surface area contributed by atoms with Gasteiger partial charge in [0.25, 0.3) is 0 Å². The Balaban J connectivity index is 2.20. The minimum Gasteiger partial charge on any atom is -0.493 e. The van der Waals surface area contributed by atoms with Crippen LogP contribution in [0.3, 0.4) is 0 Å². The molecule has 1 aromatic rings. The lowest BCUT2D eigenvalue weighted by Gasteiger charge is -2.31. The summed E-state index contributed by atoms with van der Waals surface area (Å²) in [6, 6.07) is 3.26. The lowest BCUT2D eigenvalue weighted by molar-refractivity contribution is -0.133. The third-order valence-corrected chi connectivity index (χ3v) is 3.68. The Morgan fingerprint density at radius 3 is 2.57 bits per heavy atom. The summed E-state index contributed by atoms with van der Waals surface area (Å²) < 4.78 is 10.6. The van der Waals surface area contributed by atoms with Gasteiger partial charge in [0.05, 0.1) is 20.3 Å². The van der Waals surface area contributed by atoms with Crippen molar-refractivity contribution < 1.29 is 14.3 Å². The van der Waals surface area contributed by atoms with Gasteiger partial charge in [-0.1, -0.05) is 0 Å². The number of carbonyl (C=O) groups excluding carboxylic acids is 1. The van der Waals surface area contributed by atoms with Crippen molar-refractivity contribution in [2.24, 2.45) is 5.73 Å². The van der Waals surface area contributed by atoms with E-state index >= 15 is 0 Å². The Morgan fingerprint density at radius 2 is 2.00 bits per heavy atom. The molecule has 1 heterocycles. The average molecular weight is 288 g/mol. The van der Waals surface area contributed by atoms with Crippen molar-refractivity contribution in [3.63, 3.8) is 0 Å². The molecule has 112 valence electrons. The third kappa shape index (κ3) is 3.11. The molecule has 0 radical (unpaired) electrons. The molecule has 1 aromatic carbocycles. The molecule has 1 aliphatic heterocycles. The number of ether oxygens (including phenoxy) is 2. The van der Waals surface area contributed by atoms with Crippen LogP contribution in [0.25, 0.3) is 0 Å². The smallest absolute Gasteiger partial charge is 0.240 e. The number of amides is 1. The van der Waals surface area contributed by atoms with Crippen LogP contribution >= 0.6 is 0 Å². The number of terminal acetylenes is 1. The largest absolute Gasteiger partial charge is 0.493 e. The first kappa shape index (κ1) is 15.2. The van der Waals surface area contributed by atoms with Crippen molar-refractivity contribution in [1.82, 2.24) is 4.90 Å². The minimum atomic E-state index is -0.628. The first-order chi connectivity index (χ1) is 10.1. The van der Waals surface area contributed by atoms with E-state index in [1.54, 1.807) is 19.1 Å². The normalized spacial score (nSPS) is 14.9. The van der Waals surface area contributed by atoms with Crippen LogP contribution in [0.4, 0.5) is 0 Å². The van der Waals surface area contributed by atoms with Gasteiger partial charge in [0.1, 0.15) is 0 Å². The fourth-order valence-corrected chi connectivity index (χ4v) is 2.52. The summed E-state index contributed by atoms with van der Waals surface area (Å²) in [6.45, 7) is 1.16. The van der Waals surface area contributed by atoms with Gasteiger partial charge in [0.15, 0.2) is 11.5 Å². The molecule has 0 aromatic heterocycles. The lowest BCUT2D eigenvalue weighted by Crippen LogP contribution is -2.45. The van der Waals surface area contributed by atoms with Crippen molar-refractivity contribution in [2.45, 2.75) is 25.4 Å². The number of hydrogen-bond acceptors (Lipinski definition) is 4. The van der Waals surface area contributed by atoms with Crippen molar-refractivity contribution in [3.8, 4) is 23.8 Å². The molecule has 5 nitrogen and oxygen atoms in total. The second-order valence-corrected chi connectivity index (χ2v) is 5.00. The molecule has 0 aliphatic carbocycles. The van der Waals surface area contributed by atoms with E-state index < -0.39 is 6.04 Å². The zero-order valence-electron chi connectivity index (χ0n) is 12.4. The van der Waals surface area contributed by atoms with E-state index in [9.17, 15) is 4.79 Å². The SMILES string of the molecule is C#CCC(N)C(=O)N1CCc2cc(OC)c(OC)cc2C1. The van der Waals surface area contributed by atoms with Gasteiger partial charge in [-0.05, 0) is 29.7 Å². The van der Waals surface area contributed by atoms with E-state index in [4.69, 9.17) is 21.6 Å². The number of nitrogens with two attached hydrogens (primary N) is 1. The molecule has 1 unspecified atom stereocenters. The van der Waals surface area contributed by atoms with Crippen LogP contribution < -0.4 is 15.2 Å². The van der Waals surface area contributed by atoms with Crippen LogP contribution in [-0.4, -0.2) is 37.6 Å². The highest BCUT2D eigenvalue weighted by Crippen LogP contribution is 2.33. The zero-order valence-corrected chi connectivity index (χ0v) is 12.4. The maximum atomic E-state index is 12.2. The molecule has 2 rings (SSSR count). The molecule has 21 heavy (non-hydrogen) atoms. The van der Waals surface area contributed by atoms with E-state index in [1.165, 1.54) is 5.56 Å². The van der Waals surface area contributed by atoms with Gasteiger partial charge >= 0.3 is 0 Å². The summed E-state index contributed by atoms with van der Waals surface area (Å²) in [5.41, 5.74) is 8.03. The lowest BCUT2D eigenvalue weighted by atomic mass is 9.98. The zero-order chi connectivity index (χ0) is 15.4. The molecular formula is C16H20N2O3. The van der Waals surface area contributed by atoms with Crippen molar-refractivity contribution >= 4 is 5.91 Å². The van der Waals surface area contributed by atoms with Crippen LogP contribution in [0.2, 0.25) is 0 Å². The molecule has 1 atom stereocenters. The molecule has 0 fully saturated rings. The van der Waals surface area contributed by atoms with E-state index in [0.29, 0.717) is 24.6 Å². The number of fused-ring (bicyclic) bond motifs is 1. The van der Waals surface area contributed by atoms with Gasteiger partial charge in [-0.25, -0.2) is 0 Å². The van der Waals surface area contributed by atoms with E-state index in [2.05, 4.69) is 5.92 Å². The van der Waals surface area contributed by atoms with Crippen molar-refractivity contribution in [3.05, 3.63) is 23.3 Å². The second kappa shape index (κ2) is 6.51. The standard InChI is InChI=1S/C16H20N2O3/c1-4-5-13(17)16(19)18-7-6-11-8-14(20-2)15(21-3)9-12(11)10-18/h1,8-9,13H,5-7,10,17H2,2-3H3. The second-order valence-electron chi connectivity index (χ2n) is 5.00. The number of rotatable bonds is 4. The molecule has 0 spiro atoms. The highest BCUT2D eigenvalue weighted by Gasteiger charge is 2.25. The Kier molecular flexibility index (Phi) is 4.71. The molecule has 1 aliphatic rings. The fraction of sp³-hybridized carbons (Fsp3) is 0.438. The van der Waals surface area contributed by atoms with Gasteiger partial charge in [0.2, 0.25) is 5.91 Å². The summed E-state index contributed by atoms with van der Waals surface area (Å²) in [4.78, 5) is 14.0. The number of carbonyl (C=O) groups is 1. The number of benzene rings is 1. The quantitative estimate of drug-likeness (QED) is 0.837. The fourth-order valence-electron chi connectivity index (χ4n) is 2.52. The molecule has 1 amide bonds. The van der Waals surface area contributed by atoms with Crippen molar-refractivity contribution in [1.29, 1.82) is 0 Å². The van der Waals surface area contributed by atoms with Gasteiger partial charge in [-0.15, -0.1) is 12.3 Å². The summed E-state index contributed by atoms with van der Waals surface area (Å²) >= 11 is 0. The predicted molar refractivity (Wildman–Crippen MR) is 80.1 cm³/mol. The molecule has 0 bridgehead atoms. The molecule has 0 saturated carbocycles. The summed E-state index contributed by atoms with van der Waals surface area (Å²) in [5, 5.41) is 0. The molecule has 0 saturated heterocycles. The number of nitrogens with zero attached hydrogens (tertiary/aromatic N) is 1. The van der Waals surface area contributed by atoms with Crippen LogP contribution in [0.1, 0.15) is 17.5 Å². The highest BCUT2D eigenvalue weighted by atomic mass is 16.5.